The second-order valence-corrected chi connectivity index (χ2v) is 2.20. The minimum atomic E-state index is -0.0394. The SMILES string of the molecule is Br.NC(Br)CCO. The van der Waals surface area contributed by atoms with Crippen LogP contribution in [-0.2, 0) is 0 Å². The molecule has 0 aromatic carbocycles. The molecule has 4 heteroatoms. The van der Waals surface area contributed by atoms with E-state index in [2.05, 4.69) is 15.9 Å². The third-order valence-electron chi connectivity index (χ3n) is 0.405. The van der Waals surface area contributed by atoms with Crippen LogP contribution in [0.2, 0.25) is 0 Å². The normalized spacial score (nSPS) is 12.4. The van der Waals surface area contributed by atoms with Gasteiger partial charge in [-0.1, -0.05) is 15.9 Å². The monoisotopic (exact) mass is 233 g/mol. The Balaban J connectivity index is 0. The summed E-state index contributed by atoms with van der Waals surface area (Å²) < 4.78 is 0. The molecule has 2 nitrogen and oxygen atoms in total. The van der Waals surface area contributed by atoms with E-state index in [0.717, 1.165) is 0 Å². The lowest BCUT2D eigenvalue weighted by Gasteiger charge is -1.94. The molecule has 0 amide bonds. The predicted octanol–water partition coefficient (Wildman–Crippen LogP) is 0.626. The fourth-order valence-corrected chi connectivity index (χ4v) is 0.328. The Morgan fingerprint density at radius 1 is 1.71 bits per heavy atom. The third-order valence-corrected chi connectivity index (χ3v) is 0.863. The zero-order valence-electron chi connectivity index (χ0n) is 3.80. The Kier molecular flexibility index (Phi) is 10.6. The standard InChI is InChI=1S/C3H8BrNO.BrH/c4-3(5)1-2-6;/h3,6H,1-2,5H2;1H. The molecule has 0 rings (SSSR count). The van der Waals surface area contributed by atoms with Crippen molar-refractivity contribution in [2.45, 2.75) is 11.4 Å². The fraction of sp³-hybridized carbons (Fsp3) is 1.00. The van der Waals surface area contributed by atoms with Gasteiger partial charge in [-0.05, 0) is 6.42 Å². The average molecular weight is 235 g/mol. The first-order valence-electron chi connectivity index (χ1n) is 1.78. The molecular formula is C3H9Br2NO. The van der Waals surface area contributed by atoms with E-state index in [4.69, 9.17) is 10.8 Å². The maximum atomic E-state index is 8.13. The number of nitrogens with two attached hydrogens (primary N) is 1. The molecule has 7 heavy (non-hydrogen) atoms. The maximum Gasteiger partial charge on any atom is 0.0627 e. The van der Waals surface area contributed by atoms with Gasteiger partial charge in [0, 0.05) is 6.61 Å². The van der Waals surface area contributed by atoms with E-state index in [-0.39, 0.29) is 28.5 Å². The van der Waals surface area contributed by atoms with Crippen molar-refractivity contribution in [1.82, 2.24) is 0 Å². The molecular weight excluding hydrogens is 226 g/mol. The first-order valence-corrected chi connectivity index (χ1v) is 2.69. The predicted molar refractivity (Wildman–Crippen MR) is 38.9 cm³/mol. The Labute approximate surface area is 62.0 Å². The summed E-state index contributed by atoms with van der Waals surface area (Å²) in [4.78, 5) is -0.0394. The highest BCUT2D eigenvalue weighted by molar-refractivity contribution is 9.09. The fourth-order valence-electron chi connectivity index (χ4n) is 0.123. The summed E-state index contributed by atoms with van der Waals surface area (Å²) in [6.07, 6.45) is 0.625. The Bertz CT molecular complexity index is 34.1. The van der Waals surface area contributed by atoms with E-state index >= 15 is 0 Å². The van der Waals surface area contributed by atoms with Gasteiger partial charge in [0.25, 0.3) is 0 Å². The van der Waals surface area contributed by atoms with Crippen molar-refractivity contribution in [2.24, 2.45) is 5.73 Å². The minimum absolute atomic E-state index is 0. The van der Waals surface area contributed by atoms with Gasteiger partial charge in [-0.15, -0.1) is 17.0 Å². The van der Waals surface area contributed by atoms with Gasteiger partial charge in [0.1, 0.15) is 0 Å². The zero-order chi connectivity index (χ0) is 4.99. The van der Waals surface area contributed by atoms with Gasteiger partial charge in [-0.2, -0.15) is 0 Å². The van der Waals surface area contributed by atoms with Crippen molar-refractivity contribution < 1.29 is 5.11 Å². The third kappa shape index (κ3) is 10.9. The molecule has 0 fully saturated rings. The van der Waals surface area contributed by atoms with Crippen LogP contribution in [0.4, 0.5) is 0 Å². The molecule has 0 saturated heterocycles. The lowest BCUT2D eigenvalue weighted by Crippen LogP contribution is -2.11. The molecule has 1 atom stereocenters. The zero-order valence-corrected chi connectivity index (χ0v) is 7.10. The Morgan fingerprint density at radius 3 is 2.14 bits per heavy atom. The summed E-state index contributed by atoms with van der Waals surface area (Å²) in [5, 5.41) is 8.13. The van der Waals surface area contributed by atoms with Crippen LogP contribution in [0.1, 0.15) is 6.42 Å². The van der Waals surface area contributed by atoms with Crippen LogP contribution >= 0.6 is 32.9 Å². The van der Waals surface area contributed by atoms with Crippen molar-refractivity contribution in [2.75, 3.05) is 6.61 Å². The molecule has 0 radical (unpaired) electrons. The van der Waals surface area contributed by atoms with E-state index < -0.39 is 0 Å². The van der Waals surface area contributed by atoms with Crippen molar-refractivity contribution >= 4 is 32.9 Å². The lowest BCUT2D eigenvalue weighted by molar-refractivity contribution is 0.288. The van der Waals surface area contributed by atoms with Crippen molar-refractivity contribution in [3.05, 3.63) is 0 Å². The van der Waals surface area contributed by atoms with Gasteiger partial charge < -0.3 is 10.8 Å². The van der Waals surface area contributed by atoms with Gasteiger partial charge >= 0.3 is 0 Å². The van der Waals surface area contributed by atoms with Crippen LogP contribution in [0.25, 0.3) is 0 Å². The topological polar surface area (TPSA) is 46.2 Å². The van der Waals surface area contributed by atoms with E-state index in [0.29, 0.717) is 6.42 Å². The average Bonchev–Trinajstić information content (AvgIpc) is 1.35. The molecule has 0 aromatic heterocycles. The van der Waals surface area contributed by atoms with Crippen LogP contribution in [0.15, 0.2) is 0 Å². The molecule has 0 saturated carbocycles. The highest BCUT2D eigenvalue weighted by atomic mass is 79.9. The maximum absolute atomic E-state index is 8.13. The summed E-state index contributed by atoms with van der Waals surface area (Å²) in [6, 6.07) is 0. The summed E-state index contributed by atoms with van der Waals surface area (Å²) in [5.74, 6) is 0. The summed E-state index contributed by atoms with van der Waals surface area (Å²) in [7, 11) is 0. The Morgan fingerprint density at radius 2 is 2.14 bits per heavy atom. The van der Waals surface area contributed by atoms with Crippen molar-refractivity contribution in [3.63, 3.8) is 0 Å². The molecule has 0 aliphatic heterocycles. The molecule has 0 spiro atoms. The molecule has 3 N–H and O–H groups in total. The number of halogens is 2. The number of hydrogen-bond acceptors (Lipinski definition) is 2. The minimum Gasteiger partial charge on any atom is -0.396 e. The van der Waals surface area contributed by atoms with Crippen LogP contribution in [-0.4, -0.2) is 16.7 Å². The first-order chi connectivity index (χ1) is 2.77. The molecule has 0 heterocycles. The second-order valence-electron chi connectivity index (χ2n) is 1.03. The summed E-state index contributed by atoms with van der Waals surface area (Å²) >= 11 is 3.05. The molecule has 0 bridgehead atoms. The Hall–Kier alpha value is 0.880. The number of rotatable bonds is 2. The number of aliphatic hydroxyl groups excluding tert-OH is 1. The van der Waals surface area contributed by atoms with Crippen LogP contribution in [0.5, 0.6) is 0 Å². The molecule has 1 unspecified atom stereocenters. The highest BCUT2D eigenvalue weighted by Crippen LogP contribution is 1.92. The molecule has 46 valence electrons. The molecule has 0 aromatic rings. The molecule has 0 aliphatic rings. The number of hydrogen-bond donors (Lipinski definition) is 2. The van der Waals surface area contributed by atoms with Crippen LogP contribution in [0, 0.1) is 0 Å². The highest BCUT2D eigenvalue weighted by Gasteiger charge is 1.88. The quantitative estimate of drug-likeness (QED) is 0.544. The van der Waals surface area contributed by atoms with Gasteiger partial charge in [0.15, 0.2) is 0 Å². The van der Waals surface area contributed by atoms with E-state index in [1.54, 1.807) is 0 Å². The first kappa shape index (κ1) is 10.8. The molecule has 0 aliphatic carbocycles. The van der Waals surface area contributed by atoms with Crippen LogP contribution < -0.4 is 5.73 Å². The largest absolute Gasteiger partial charge is 0.396 e. The number of alkyl halides is 1. The van der Waals surface area contributed by atoms with E-state index in [1.165, 1.54) is 0 Å². The summed E-state index contributed by atoms with van der Waals surface area (Å²) in [6.45, 7) is 0.159. The second kappa shape index (κ2) is 6.88. The van der Waals surface area contributed by atoms with Gasteiger partial charge in [0.2, 0.25) is 0 Å². The summed E-state index contributed by atoms with van der Waals surface area (Å²) in [5.41, 5.74) is 5.16. The van der Waals surface area contributed by atoms with Gasteiger partial charge in [-0.25, -0.2) is 0 Å². The van der Waals surface area contributed by atoms with Crippen molar-refractivity contribution in [3.8, 4) is 0 Å². The lowest BCUT2D eigenvalue weighted by atomic mass is 10.5. The van der Waals surface area contributed by atoms with Crippen LogP contribution in [0.3, 0.4) is 0 Å². The van der Waals surface area contributed by atoms with Gasteiger partial charge in [-0.3, -0.25) is 0 Å². The van der Waals surface area contributed by atoms with E-state index in [9.17, 15) is 0 Å². The van der Waals surface area contributed by atoms with Gasteiger partial charge in [0.05, 0.1) is 4.95 Å². The smallest absolute Gasteiger partial charge is 0.0627 e. The van der Waals surface area contributed by atoms with Crippen molar-refractivity contribution in [1.29, 1.82) is 0 Å². The number of aliphatic hydroxyl groups is 1. The van der Waals surface area contributed by atoms with E-state index in [1.807, 2.05) is 0 Å².